The van der Waals surface area contributed by atoms with Gasteiger partial charge >= 0.3 is 0 Å². The molecule has 3 rings (SSSR count). The summed E-state index contributed by atoms with van der Waals surface area (Å²) in [5.74, 6) is 3.28. The highest BCUT2D eigenvalue weighted by atomic mass is 28.4. The standard InChI is InChI=1S/C39H72O2Si2/c1-28(2)18-16-19-29(3)34-23-24-35-31(20-17-25-39(34,35)11)21-22-32-26-33(40-42(12,13)37(5,6)7)27-36(30(32)4)41-43(14,15)38(8,9)10/h21-22,28-29,33-36H,4,16-20,23-27H2,1-3,5-15H3. The van der Waals surface area contributed by atoms with E-state index >= 15 is 0 Å². The Hall–Kier alpha value is -0.426. The molecular weight excluding hydrogens is 557 g/mol. The van der Waals surface area contributed by atoms with Gasteiger partial charge in [-0.05, 0) is 115 Å². The number of hydrogen-bond acceptors (Lipinski definition) is 2. The van der Waals surface area contributed by atoms with Gasteiger partial charge in [-0.15, -0.1) is 0 Å². The van der Waals surface area contributed by atoms with Crippen molar-refractivity contribution >= 4 is 16.6 Å². The number of allylic oxidation sites excluding steroid dienone is 3. The molecule has 43 heavy (non-hydrogen) atoms. The molecule has 6 atom stereocenters. The molecule has 0 heterocycles. The molecule has 248 valence electrons. The van der Waals surface area contributed by atoms with Gasteiger partial charge in [0.15, 0.2) is 16.6 Å². The molecule has 3 fully saturated rings. The van der Waals surface area contributed by atoms with E-state index in [2.05, 4.69) is 108 Å². The second-order valence-electron chi connectivity index (χ2n) is 18.7. The zero-order chi connectivity index (χ0) is 32.6. The van der Waals surface area contributed by atoms with Gasteiger partial charge in [-0.1, -0.05) is 113 Å². The van der Waals surface area contributed by atoms with Crippen molar-refractivity contribution in [1.29, 1.82) is 0 Å². The fourth-order valence-corrected chi connectivity index (χ4v) is 10.7. The summed E-state index contributed by atoms with van der Waals surface area (Å²) < 4.78 is 14.2. The Balaban J connectivity index is 1.87. The SMILES string of the molecule is C=C1C(=CC=C2CCCC3(C)C2CCC3C(C)CCCC(C)C)CC(O[Si](C)(C)C(C)(C)C)CC1O[Si](C)(C)C(C)(C)C. The molecule has 0 spiro atoms. The first kappa shape index (κ1) is 37.0. The molecule has 2 nitrogen and oxygen atoms in total. The zero-order valence-electron chi connectivity index (χ0n) is 31.2. The summed E-state index contributed by atoms with van der Waals surface area (Å²) in [6.45, 7) is 38.3. The minimum atomic E-state index is -1.95. The van der Waals surface area contributed by atoms with Crippen LogP contribution in [0.4, 0.5) is 0 Å². The van der Waals surface area contributed by atoms with Gasteiger partial charge in [-0.2, -0.15) is 0 Å². The predicted octanol–water partition coefficient (Wildman–Crippen LogP) is 12.6. The van der Waals surface area contributed by atoms with E-state index in [1.807, 2.05) is 0 Å². The smallest absolute Gasteiger partial charge is 0.192 e. The molecule has 3 aliphatic rings. The predicted molar refractivity (Wildman–Crippen MR) is 195 cm³/mol. The minimum Gasteiger partial charge on any atom is -0.413 e. The van der Waals surface area contributed by atoms with E-state index in [1.165, 1.54) is 62.5 Å². The highest BCUT2D eigenvalue weighted by Crippen LogP contribution is 2.60. The molecule has 3 saturated carbocycles. The monoisotopic (exact) mass is 629 g/mol. The molecule has 0 amide bonds. The summed E-state index contributed by atoms with van der Waals surface area (Å²) in [5, 5.41) is 0.366. The maximum Gasteiger partial charge on any atom is 0.192 e. The van der Waals surface area contributed by atoms with Crippen LogP contribution in [0.1, 0.15) is 133 Å². The van der Waals surface area contributed by atoms with Crippen LogP contribution in [-0.2, 0) is 8.85 Å². The maximum absolute atomic E-state index is 7.09. The minimum absolute atomic E-state index is 0.0493. The lowest BCUT2D eigenvalue weighted by Crippen LogP contribution is -2.49. The van der Waals surface area contributed by atoms with Crippen molar-refractivity contribution in [3.8, 4) is 0 Å². The second-order valence-corrected chi connectivity index (χ2v) is 28.2. The molecule has 3 aliphatic carbocycles. The highest BCUT2D eigenvalue weighted by Gasteiger charge is 2.50. The summed E-state index contributed by atoms with van der Waals surface area (Å²) in [6, 6.07) is 0. The average Bonchev–Trinajstić information content (AvgIpc) is 3.20. The summed E-state index contributed by atoms with van der Waals surface area (Å²) in [6.07, 6.45) is 18.1. The lowest BCUT2D eigenvalue weighted by Gasteiger charge is -2.46. The van der Waals surface area contributed by atoms with Gasteiger partial charge in [0, 0.05) is 6.42 Å². The van der Waals surface area contributed by atoms with Crippen molar-refractivity contribution in [2.45, 2.75) is 182 Å². The third-order valence-corrected chi connectivity index (χ3v) is 21.9. The third-order valence-electron chi connectivity index (χ3n) is 12.9. The molecule has 0 aromatic heterocycles. The molecule has 0 aliphatic heterocycles. The summed E-state index contributed by atoms with van der Waals surface area (Å²) in [7, 11) is -3.86. The normalized spacial score (nSPS) is 32.1. The fourth-order valence-electron chi connectivity index (χ4n) is 8.03. The Kier molecular flexibility index (Phi) is 11.8. The van der Waals surface area contributed by atoms with Crippen molar-refractivity contribution in [2.24, 2.45) is 29.1 Å². The van der Waals surface area contributed by atoms with Crippen molar-refractivity contribution in [1.82, 2.24) is 0 Å². The average molecular weight is 629 g/mol. The fraction of sp³-hybridized carbons (Fsp3) is 0.846. The van der Waals surface area contributed by atoms with Crippen LogP contribution in [0.3, 0.4) is 0 Å². The van der Waals surface area contributed by atoms with Crippen LogP contribution in [0.5, 0.6) is 0 Å². The molecule has 0 saturated heterocycles. The molecule has 0 aromatic rings. The van der Waals surface area contributed by atoms with Gasteiger partial charge in [-0.3, -0.25) is 0 Å². The lowest BCUT2D eigenvalue weighted by molar-refractivity contribution is 0.0927. The molecule has 0 aromatic carbocycles. The number of fused-ring (bicyclic) bond motifs is 1. The van der Waals surface area contributed by atoms with E-state index in [9.17, 15) is 0 Å². The Morgan fingerprint density at radius 1 is 0.907 bits per heavy atom. The van der Waals surface area contributed by atoms with Crippen LogP contribution in [0, 0.1) is 29.1 Å². The van der Waals surface area contributed by atoms with Gasteiger partial charge in [0.2, 0.25) is 0 Å². The van der Waals surface area contributed by atoms with Crippen molar-refractivity contribution < 1.29 is 8.85 Å². The third kappa shape index (κ3) is 8.69. The molecule has 0 radical (unpaired) electrons. The maximum atomic E-state index is 7.09. The van der Waals surface area contributed by atoms with E-state index in [0.717, 1.165) is 36.5 Å². The Labute approximate surface area is 271 Å². The van der Waals surface area contributed by atoms with Crippen molar-refractivity contribution in [3.63, 3.8) is 0 Å². The largest absolute Gasteiger partial charge is 0.413 e. The molecule has 6 unspecified atom stereocenters. The number of rotatable bonds is 10. The lowest BCUT2D eigenvalue weighted by atomic mass is 9.60. The van der Waals surface area contributed by atoms with Crippen molar-refractivity contribution in [2.75, 3.05) is 0 Å². The van der Waals surface area contributed by atoms with Crippen LogP contribution in [0.25, 0.3) is 0 Å². The van der Waals surface area contributed by atoms with Crippen LogP contribution >= 0.6 is 0 Å². The summed E-state index contributed by atoms with van der Waals surface area (Å²) in [5.41, 5.74) is 4.75. The van der Waals surface area contributed by atoms with Crippen LogP contribution in [-0.4, -0.2) is 28.8 Å². The van der Waals surface area contributed by atoms with Gasteiger partial charge in [0.25, 0.3) is 0 Å². The summed E-state index contributed by atoms with van der Waals surface area (Å²) >= 11 is 0. The Bertz CT molecular complexity index is 1020. The first-order chi connectivity index (χ1) is 19.6. The van der Waals surface area contributed by atoms with E-state index in [1.54, 1.807) is 5.57 Å². The Morgan fingerprint density at radius 3 is 2.09 bits per heavy atom. The molecular formula is C39H72O2Si2. The van der Waals surface area contributed by atoms with Gasteiger partial charge < -0.3 is 8.85 Å². The van der Waals surface area contributed by atoms with E-state index in [4.69, 9.17) is 15.4 Å². The van der Waals surface area contributed by atoms with Gasteiger partial charge in [0.05, 0.1) is 12.2 Å². The van der Waals surface area contributed by atoms with E-state index in [-0.39, 0.29) is 22.3 Å². The zero-order valence-corrected chi connectivity index (χ0v) is 33.2. The highest BCUT2D eigenvalue weighted by molar-refractivity contribution is 6.74. The molecule has 4 heteroatoms. The van der Waals surface area contributed by atoms with Gasteiger partial charge in [0.1, 0.15) is 0 Å². The van der Waals surface area contributed by atoms with Gasteiger partial charge in [-0.25, -0.2) is 0 Å². The Morgan fingerprint density at radius 2 is 1.51 bits per heavy atom. The first-order valence-electron chi connectivity index (χ1n) is 18.0. The van der Waals surface area contributed by atoms with E-state index < -0.39 is 16.6 Å². The van der Waals surface area contributed by atoms with Crippen LogP contribution in [0.15, 0.2) is 35.5 Å². The number of hydrogen-bond donors (Lipinski definition) is 0. The quantitative estimate of drug-likeness (QED) is 0.224. The molecule has 0 bridgehead atoms. The van der Waals surface area contributed by atoms with E-state index in [0.29, 0.717) is 5.41 Å². The summed E-state index contributed by atoms with van der Waals surface area (Å²) in [4.78, 5) is 0. The van der Waals surface area contributed by atoms with Crippen molar-refractivity contribution in [3.05, 3.63) is 35.5 Å². The molecule has 0 N–H and O–H groups in total. The van der Waals surface area contributed by atoms with Crippen LogP contribution < -0.4 is 0 Å². The second kappa shape index (κ2) is 13.7. The van der Waals surface area contributed by atoms with Crippen LogP contribution in [0.2, 0.25) is 36.3 Å². The first-order valence-corrected chi connectivity index (χ1v) is 23.8. The topological polar surface area (TPSA) is 18.5 Å².